The highest BCUT2D eigenvalue weighted by molar-refractivity contribution is 9.10. The van der Waals surface area contributed by atoms with Crippen molar-refractivity contribution >= 4 is 39.1 Å². The summed E-state index contributed by atoms with van der Waals surface area (Å²) in [6.45, 7) is 0. The fraction of sp³-hybridized carbons (Fsp3) is 0.143. The molecule has 1 aromatic carbocycles. The quantitative estimate of drug-likeness (QED) is 0.532. The van der Waals surface area contributed by atoms with E-state index < -0.39 is 16.5 Å². The molecule has 0 nitrogen and oxygen atoms in total. The van der Waals surface area contributed by atoms with Crippen LogP contribution in [0.5, 0.6) is 0 Å². The normalized spacial score (nSPS) is 10.8. The van der Waals surface area contributed by atoms with Gasteiger partial charge in [-0.3, -0.25) is 0 Å². The Kier molecular flexibility index (Phi) is 3.32. The summed E-state index contributed by atoms with van der Waals surface area (Å²) >= 11 is 13.6. The molecule has 0 amide bonds. The maximum atomic E-state index is 12.9. The molecule has 0 fully saturated rings. The molecule has 0 N–H and O–H groups in total. The first-order valence-corrected chi connectivity index (χ1v) is 4.62. The van der Waals surface area contributed by atoms with E-state index in [-0.39, 0.29) is 10.0 Å². The Labute approximate surface area is 86.6 Å². The number of halogens is 5. The first-order chi connectivity index (χ1) is 5.54. The molecule has 66 valence electrons. The van der Waals surface area contributed by atoms with Gasteiger partial charge in [-0.1, -0.05) is 29.3 Å². The Morgan fingerprint density at radius 3 is 2.25 bits per heavy atom. The summed E-state index contributed by atoms with van der Waals surface area (Å²) in [4.78, 5) is -1.05. The minimum absolute atomic E-state index is 0.0535. The zero-order valence-corrected chi connectivity index (χ0v) is 8.72. The monoisotopic (exact) mass is 274 g/mol. The molecular formula is C7H3BrCl2F2. The maximum Gasteiger partial charge on any atom is 0.173 e. The third-order valence-corrected chi connectivity index (χ3v) is 2.38. The summed E-state index contributed by atoms with van der Waals surface area (Å²) in [7, 11) is 0. The van der Waals surface area contributed by atoms with Gasteiger partial charge in [-0.25, -0.2) is 8.78 Å². The Bertz CT molecular complexity index is 302. The lowest BCUT2D eigenvalue weighted by Gasteiger charge is -2.04. The molecule has 12 heavy (non-hydrogen) atoms. The van der Waals surface area contributed by atoms with Crippen molar-refractivity contribution in [2.45, 2.75) is 4.84 Å². The highest BCUT2D eigenvalue weighted by atomic mass is 79.9. The molecule has 1 rings (SSSR count). The SMILES string of the molecule is Fc1c(Br)ccc(C(Cl)Cl)c1F. The van der Waals surface area contributed by atoms with Crippen LogP contribution < -0.4 is 0 Å². The highest BCUT2D eigenvalue weighted by Crippen LogP contribution is 2.30. The van der Waals surface area contributed by atoms with Gasteiger partial charge in [0.2, 0.25) is 0 Å². The second-order valence-corrected chi connectivity index (χ2v) is 4.02. The van der Waals surface area contributed by atoms with Crippen molar-refractivity contribution < 1.29 is 8.78 Å². The van der Waals surface area contributed by atoms with Gasteiger partial charge in [0.15, 0.2) is 11.6 Å². The molecule has 0 aromatic heterocycles. The van der Waals surface area contributed by atoms with Crippen LogP contribution >= 0.6 is 39.1 Å². The van der Waals surface area contributed by atoms with E-state index in [1.165, 1.54) is 12.1 Å². The Morgan fingerprint density at radius 1 is 1.17 bits per heavy atom. The van der Waals surface area contributed by atoms with Gasteiger partial charge >= 0.3 is 0 Å². The molecule has 0 radical (unpaired) electrons. The van der Waals surface area contributed by atoms with Crippen LogP contribution in [-0.4, -0.2) is 0 Å². The van der Waals surface area contributed by atoms with Crippen LogP contribution in [-0.2, 0) is 0 Å². The van der Waals surface area contributed by atoms with Crippen molar-refractivity contribution in [3.8, 4) is 0 Å². The van der Waals surface area contributed by atoms with E-state index in [1.54, 1.807) is 0 Å². The number of rotatable bonds is 1. The molecule has 0 heterocycles. The zero-order chi connectivity index (χ0) is 9.30. The van der Waals surface area contributed by atoms with Gasteiger partial charge in [0, 0.05) is 5.56 Å². The van der Waals surface area contributed by atoms with Crippen molar-refractivity contribution in [2.75, 3.05) is 0 Å². The Morgan fingerprint density at radius 2 is 1.75 bits per heavy atom. The molecule has 0 saturated carbocycles. The largest absolute Gasteiger partial charge is 0.203 e. The van der Waals surface area contributed by atoms with E-state index in [2.05, 4.69) is 15.9 Å². The predicted octanol–water partition coefficient (Wildman–Crippen LogP) is 4.20. The summed E-state index contributed by atoms with van der Waals surface area (Å²) in [6.07, 6.45) is 0. The first kappa shape index (κ1) is 10.2. The standard InChI is InChI=1S/C7H3BrCl2F2/c8-4-2-1-3(7(9)10)5(11)6(4)12/h1-2,7H. The minimum Gasteiger partial charge on any atom is -0.203 e. The van der Waals surface area contributed by atoms with Gasteiger partial charge in [-0.2, -0.15) is 0 Å². The lowest BCUT2D eigenvalue weighted by molar-refractivity contribution is 0.497. The average Bonchev–Trinajstić information content (AvgIpc) is 2.00. The first-order valence-electron chi connectivity index (χ1n) is 2.95. The molecular weight excluding hydrogens is 273 g/mol. The van der Waals surface area contributed by atoms with Crippen LogP contribution in [0.2, 0.25) is 0 Å². The van der Waals surface area contributed by atoms with Crippen LogP contribution in [0.15, 0.2) is 16.6 Å². The Balaban J connectivity index is 3.27. The summed E-state index contributed by atoms with van der Waals surface area (Å²) in [5.74, 6) is -1.99. The van der Waals surface area contributed by atoms with Crippen LogP contribution in [0.4, 0.5) is 8.78 Å². The molecule has 0 unspecified atom stereocenters. The van der Waals surface area contributed by atoms with Crippen molar-refractivity contribution in [2.24, 2.45) is 0 Å². The molecule has 0 bridgehead atoms. The number of hydrogen-bond donors (Lipinski definition) is 0. The molecule has 0 saturated heterocycles. The van der Waals surface area contributed by atoms with Gasteiger partial charge in [0.1, 0.15) is 4.84 Å². The number of hydrogen-bond acceptors (Lipinski definition) is 0. The Hall–Kier alpha value is 0.140. The van der Waals surface area contributed by atoms with Gasteiger partial charge in [-0.15, -0.1) is 0 Å². The fourth-order valence-corrected chi connectivity index (χ4v) is 1.35. The second-order valence-electron chi connectivity index (χ2n) is 2.07. The summed E-state index contributed by atoms with van der Waals surface area (Å²) in [5, 5.41) is 0. The summed E-state index contributed by atoms with van der Waals surface area (Å²) in [6, 6.07) is 2.68. The van der Waals surface area contributed by atoms with E-state index >= 15 is 0 Å². The average molecular weight is 276 g/mol. The van der Waals surface area contributed by atoms with E-state index in [0.717, 1.165) is 0 Å². The van der Waals surface area contributed by atoms with Crippen molar-refractivity contribution in [1.82, 2.24) is 0 Å². The smallest absolute Gasteiger partial charge is 0.173 e. The molecule has 0 atom stereocenters. The predicted molar refractivity (Wildman–Crippen MR) is 48.5 cm³/mol. The molecule has 5 heteroatoms. The van der Waals surface area contributed by atoms with Crippen molar-refractivity contribution in [3.05, 3.63) is 33.8 Å². The molecule has 0 spiro atoms. The van der Waals surface area contributed by atoms with Crippen molar-refractivity contribution in [3.63, 3.8) is 0 Å². The summed E-state index contributed by atoms with van der Waals surface area (Å²) < 4.78 is 25.8. The van der Waals surface area contributed by atoms with Gasteiger partial charge in [0.25, 0.3) is 0 Å². The fourth-order valence-electron chi connectivity index (χ4n) is 0.709. The number of alkyl halides is 2. The molecule has 0 aliphatic rings. The lowest BCUT2D eigenvalue weighted by Crippen LogP contribution is -1.93. The van der Waals surface area contributed by atoms with Crippen LogP contribution in [0.25, 0.3) is 0 Å². The van der Waals surface area contributed by atoms with Crippen molar-refractivity contribution in [1.29, 1.82) is 0 Å². The topological polar surface area (TPSA) is 0 Å². The van der Waals surface area contributed by atoms with E-state index in [4.69, 9.17) is 23.2 Å². The molecule has 1 aromatic rings. The minimum atomic E-state index is -1.05. The van der Waals surface area contributed by atoms with Crippen LogP contribution in [0.3, 0.4) is 0 Å². The van der Waals surface area contributed by atoms with E-state index in [1.807, 2.05) is 0 Å². The second kappa shape index (κ2) is 3.90. The molecule has 0 aliphatic carbocycles. The number of benzene rings is 1. The zero-order valence-electron chi connectivity index (χ0n) is 5.62. The highest BCUT2D eigenvalue weighted by Gasteiger charge is 2.15. The van der Waals surface area contributed by atoms with Gasteiger partial charge in [-0.05, 0) is 22.0 Å². The van der Waals surface area contributed by atoms with Gasteiger partial charge < -0.3 is 0 Å². The van der Waals surface area contributed by atoms with E-state index in [9.17, 15) is 8.78 Å². The third kappa shape index (κ3) is 1.90. The maximum absolute atomic E-state index is 12.9. The lowest BCUT2D eigenvalue weighted by atomic mass is 10.2. The van der Waals surface area contributed by atoms with Crippen LogP contribution in [0.1, 0.15) is 10.4 Å². The molecule has 0 aliphatic heterocycles. The third-order valence-electron chi connectivity index (χ3n) is 1.30. The van der Waals surface area contributed by atoms with E-state index in [0.29, 0.717) is 0 Å². The van der Waals surface area contributed by atoms with Gasteiger partial charge in [0.05, 0.1) is 4.47 Å². The summed E-state index contributed by atoms with van der Waals surface area (Å²) in [5.41, 5.74) is -0.0565. The van der Waals surface area contributed by atoms with Crippen LogP contribution in [0, 0.1) is 11.6 Å².